The van der Waals surface area contributed by atoms with Crippen molar-refractivity contribution in [2.24, 2.45) is 0 Å². The summed E-state index contributed by atoms with van der Waals surface area (Å²) in [7, 11) is 0. The van der Waals surface area contributed by atoms with Gasteiger partial charge in [-0.2, -0.15) is 15.0 Å². The van der Waals surface area contributed by atoms with Crippen LogP contribution in [0.15, 0.2) is 18.3 Å². The Morgan fingerprint density at radius 2 is 2.17 bits per heavy atom. The van der Waals surface area contributed by atoms with E-state index in [0.29, 0.717) is 30.5 Å². The fourth-order valence-corrected chi connectivity index (χ4v) is 4.85. The maximum atomic E-state index is 10.3. The summed E-state index contributed by atoms with van der Waals surface area (Å²) in [6.45, 7) is 4.20. The molecule has 0 bridgehead atoms. The highest BCUT2D eigenvalue weighted by molar-refractivity contribution is 5.93. The van der Waals surface area contributed by atoms with Gasteiger partial charge in [0.05, 0.1) is 42.3 Å². The van der Waals surface area contributed by atoms with Crippen molar-refractivity contribution in [3.8, 4) is 11.9 Å². The monoisotopic (exact) mass is 406 g/mol. The van der Waals surface area contributed by atoms with Gasteiger partial charge in [0.15, 0.2) is 17.3 Å². The molecule has 4 heterocycles. The summed E-state index contributed by atoms with van der Waals surface area (Å²) < 4.78 is 7.32. The highest BCUT2D eigenvalue weighted by atomic mass is 16.5. The van der Waals surface area contributed by atoms with Crippen LogP contribution in [-0.4, -0.2) is 50.8 Å². The van der Waals surface area contributed by atoms with Gasteiger partial charge >= 0.3 is 0 Å². The zero-order valence-electron chi connectivity index (χ0n) is 17.1. The van der Waals surface area contributed by atoms with Crippen LogP contribution in [0.3, 0.4) is 0 Å². The van der Waals surface area contributed by atoms with Gasteiger partial charge in [-0.25, -0.2) is 4.98 Å². The molecule has 3 aromatic heterocycles. The molecular weight excluding hydrogens is 380 g/mol. The van der Waals surface area contributed by atoms with Crippen LogP contribution in [0.1, 0.15) is 44.6 Å². The van der Waals surface area contributed by atoms with E-state index in [9.17, 15) is 5.26 Å². The molecule has 3 N–H and O–H groups in total. The first-order chi connectivity index (χ1) is 14.6. The van der Waals surface area contributed by atoms with Crippen molar-refractivity contribution in [2.45, 2.75) is 50.5 Å². The number of nitrogens with two attached hydrogens (primary N) is 1. The fourth-order valence-electron chi connectivity index (χ4n) is 4.85. The molecule has 2 fully saturated rings. The molecule has 1 saturated carbocycles. The van der Waals surface area contributed by atoms with Crippen LogP contribution in [0.4, 0.5) is 11.6 Å². The molecule has 5 rings (SSSR count). The van der Waals surface area contributed by atoms with Crippen LogP contribution in [0.2, 0.25) is 0 Å². The lowest BCUT2D eigenvalue weighted by Crippen LogP contribution is -2.44. The van der Waals surface area contributed by atoms with E-state index in [4.69, 9.17) is 15.5 Å². The molecule has 1 aliphatic heterocycles. The Hall–Kier alpha value is -3.12. The van der Waals surface area contributed by atoms with Crippen LogP contribution in [0.25, 0.3) is 16.9 Å². The normalized spacial score (nSPS) is 21.6. The van der Waals surface area contributed by atoms with Gasteiger partial charge in [-0.15, -0.1) is 5.10 Å². The van der Waals surface area contributed by atoms with Crippen LogP contribution in [0, 0.1) is 11.3 Å². The van der Waals surface area contributed by atoms with Gasteiger partial charge in [-0.1, -0.05) is 19.3 Å². The number of morpholine rings is 1. The number of H-pyrrole nitrogens is 1. The number of nitriles is 1. The third-order valence-electron chi connectivity index (χ3n) is 6.46. The zero-order valence-corrected chi connectivity index (χ0v) is 17.1. The minimum atomic E-state index is -0.570. The number of fused-ring (bicyclic) bond motifs is 1. The molecule has 1 saturated heterocycles. The first-order valence-electron chi connectivity index (χ1n) is 10.6. The molecule has 1 unspecified atom stereocenters. The van der Waals surface area contributed by atoms with Crippen molar-refractivity contribution >= 4 is 22.7 Å². The largest absolute Gasteiger partial charge is 0.382 e. The predicted molar refractivity (Wildman–Crippen MR) is 113 cm³/mol. The number of nitrogen functional groups attached to an aromatic ring is 1. The smallest absolute Gasteiger partial charge is 0.169 e. The summed E-state index contributed by atoms with van der Waals surface area (Å²) in [5.74, 6) is 1.93. The average Bonchev–Trinajstić information content (AvgIpc) is 3.42. The molecule has 2 aliphatic rings. The maximum Gasteiger partial charge on any atom is 0.169 e. The summed E-state index contributed by atoms with van der Waals surface area (Å²) in [5.41, 5.74) is 7.45. The van der Waals surface area contributed by atoms with Crippen molar-refractivity contribution in [1.29, 1.82) is 5.26 Å². The number of pyridine rings is 1. The van der Waals surface area contributed by atoms with Crippen molar-refractivity contribution in [2.75, 3.05) is 30.4 Å². The van der Waals surface area contributed by atoms with E-state index in [-0.39, 0.29) is 6.04 Å². The van der Waals surface area contributed by atoms with Crippen LogP contribution < -0.4 is 10.6 Å². The first kappa shape index (κ1) is 18.9. The second-order valence-electron chi connectivity index (χ2n) is 8.34. The van der Waals surface area contributed by atoms with Crippen molar-refractivity contribution in [3.63, 3.8) is 0 Å². The first-order valence-corrected chi connectivity index (χ1v) is 10.6. The molecule has 0 amide bonds. The van der Waals surface area contributed by atoms with Gasteiger partial charge < -0.3 is 15.4 Å². The highest BCUT2D eigenvalue weighted by Crippen LogP contribution is 2.44. The van der Waals surface area contributed by atoms with Crippen molar-refractivity contribution < 1.29 is 4.74 Å². The molecule has 0 aromatic carbocycles. The molecule has 0 spiro atoms. The van der Waals surface area contributed by atoms with Gasteiger partial charge in [0.1, 0.15) is 5.82 Å². The van der Waals surface area contributed by atoms with Crippen molar-refractivity contribution in [1.82, 2.24) is 25.0 Å². The van der Waals surface area contributed by atoms with Gasteiger partial charge in [-0.3, -0.25) is 5.10 Å². The van der Waals surface area contributed by atoms with Gasteiger partial charge in [0.2, 0.25) is 0 Å². The Balaban J connectivity index is 1.78. The molecule has 1 aliphatic carbocycles. The van der Waals surface area contributed by atoms with Crippen LogP contribution in [-0.2, 0) is 10.2 Å². The number of nitrogens with zero attached hydrogens (tertiary/aromatic N) is 6. The van der Waals surface area contributed by atoms with Crippen LogP contribution >= 0.6 is 0 Å². The molecule has 0 radical (unpaired) electrons. The number of rotatable bonds is 3. The topological polar surface area (TPSA) is 122 Å². The number of hydrogen-bond donors (Lipinski definition) is 2. The zero-order chi connectivity index (χ0) is 20.7. The molecule has 3 aromatic rings. The molecular formula is C21H26N8O. The molecule has 9 nitrogen and oxygen atoms in total. The third kappa shape index (κ3) is 2.91. The molecule has 9 heteroatoms. The molecule has 30 heavy (non-hydrogen) atoms. The van der Waals surface area contributed by atoms with E-state index >= 15 is 0 Å². The summed E-state index contributed by atoms with van der Waals surface area (Å²) in [5, 5.41) is 22.6. The summed E-state index contributed by atoms with van der Waals surface area (Å²) >= 11 is 0. The maximum absolute atomic E-state index is 10.3. The Morgan fingerprint density at radius 3 is 2.87 bits per heavy atom. The lowest BCUT2D eigenvalue weighted by Gasteiger charge is -2.36. The second kappa shape index (κ2) is 7.29. The second-order valence-corrected chi connectivity index (χ2v) is 8.34. The number of aromatic nitrogens is 5. The van der Waals surface area contributed by atoms with Gasteiger partial charge in [-0.05, 0) is 31.4 Å². The van der Waals surface area contributed by atoms with E-state index in [2.05, 4.69) is 39.3 Å². The lowest BCUT2D eigenvalue weighted by molar-refractivity contribution is 0.0985. The molecule has 156 valence electrons. The predicted octanol–water partition coefficient (Wildman–Crippen LogP) is 2.68. The Kier molecular flexibility index (Phi) is 4.59. The lowest BCUT2D eigenvalue weighted by atomic mass is 9.70. The number of ether oxygens (including phenoxy) is 1. The Morgan fingerprint density at radius 1 is 1.33 bits per heavy atom. The van der Waals surface area contributed by atoms with E-state index in [1.54, 1.807) is 10.9 Å². The van der Waals surface area contributed by atoms with Crippen molar-refractivity contribution in [3.05, 3.63) is 23.9 Å². The quantitative estimate of drug-likeness (QED) is 0.686. The minimum Gasteiger partial charge on any atom is -0.382 e. The number of hydrogen-bond acceptors (Lipinski definition) is 7. The number of nitrogens with one attached hydrogen (secondary N) is 1. The summed E-state index contributed by atoms with van der Waals surface area (Å²) in [6.07, 6.45) is 6.56. The SMILES string of the molecule is CC1COCCN1c1cc(C2(C#N)CCCCC2)c2c(N)nn(-c3ccn[nH]3)c2n1. The van der Waals surface area contributed by atoms with Crippen LogP contribution in [0.5, 0.6) is 0 Å². The standard InChI is InChI=1S/C21H26N8O/c1-14-12-30-10-9-28(14)17-11-15(21(13-22)6-3-2-4-7-21)18-19(23)27-29(20(18)25-17)16-5-8-24-26-16/h5,8,11,14H,2-4,6-7,9-10,12H2,1H3,(H2,23,27)(H,24,26). The average molecular weight is 406 g/mol. The Labute approximate surface area is 174 Å². The number of anilines is 2. The van der Waals surface area contributed by atoms with E-state index in [0.717, 1.165) is 55.4 Å². The summed E-state index contributed by atoms with van der Waals surface area (Å²) in [6, 6.07) is 6.76. The Bertz CT molecular complexity index is 1090. The highest BCUT2D eigenvalue weighted by Gasteiger charge is 2.38. The van der Waals surface area contributed by atoms with E-state index in [1.165, 1.54) is 0 Å². The fraction of sp³-hybridized carbons (Fsp3) is 0.524. The van der Waals surface area contributed by atoms with E-state index < -0.39 is 5.41 Å². The molecule has 1 atom stereocenters. The summed E-state index contributed by atoms with van der Waals surface area (Å²) in [4.78, 5) is 7.23. The minimum absolute atomic E-state index is 0.196. The third-order valence-corrected chi connectivity index (χ3v) is 6.46. The van der Waals surface area contributed by atoms with Gasteiger partial charge in [0, 0.05) is 12.6 Å². The number of aromatic amines is 1. The van der Waals surface area contributed by atoms with Gasteiger partial charge in [0.25, 0.3) is 0 Å². The van der Waals surface area contributed by atoms with E-state index in [1.807, 2.05) is 6.07 Å².